The van der Waals surface area contributed by atoms with Gasteiger partial charge in [-0.25, -0.2) is 0 Å². The fraction of sp³-hybridized carbons (Fsp3) is 0.370. The van der Waals surface area contributed by atoms with E-state index >= 15 is 0 Å². The predicted molar refractivity (Wildman–Crippen MR) is 139 cm³/mol. The zero-order chi connectivity index (χ0) is 23.9. The minimum Gasteiger partial charge on any atom is -1.00 e. The summed E-state index contributed by atoms with van der Waals surface area (Å²) in [7, 11) is 0. The second-order valence-electron chi connectivity index (χ2n) is 8.63. The molecular weight excluding hydrogens is 476 g/mol. The molecule has 0 aliphatic carbocycles. The lowest BCUT2D eigenvalue weighted by molar-refractivity contribution is -0.685. The highest BCUT2D eigenvalue weighted by Gasteiger charge is 2.15. The van der Waals surface area contributed by atoms with Crippen LogP contribution in [0.3, 0.4) is 0 Å². The Morgan fingerprint density at radius 2 is 1.28 bits per heavy atom. The van der Waals surface area contributed by atoms with E-state index in [4.69, 9.17) is 9.47 Å². The van der Waals surface area contributed by atoms with Crippen LogP contribution in [0.4, 0.5) is 11.4 Å². The molecule has 0 N–H and O–H groups in total. The molecule has 1 aromatic heterocycles. The number of hydrogen-bond acceptors (Lipinski definition) is 6. The molecule has 2 fully saturated rings. The van der Waals surface area contributed by atoms with Crippen molar-refractivity contribution in [2.45, 2.75) is 13.3 Å². The number of aromatic nitrogens is 2. The van der Waals surface area contributed by atoms with Gasteiger partial charge in [0.05, 0.1) is 45.3 Å². The molecule has 0 spiro atoms. The van der Waals surface area contributed by atoms with E-state index in [1.54, 1.807) is 0 Å². The lowest BCUT2D eigenvalue weighted by Crippen LogP contribution is -3.00. The third kappa shape index (κ3) is 6.32. The third-order valence-electron chi connectivity index (χ3n) is 6.40. The molecule has 2 saturated heterocycles. The Hall–Kier alpha value is -3.20. The smallest absolute Gasteiger partial charge is 0.307 e. The highest BCUT2D eigenvalue weighted by atomic mass is 35.5. The topological polar surface area (TPSA) is 58.5 Å². The number of nitrogens with zero attached hydrogens (tertiary/aromatic N) is 6. The molecule has 2 aliphatic rings. The molecule has 8 nitrogen and oxygen atoms in total. The van der Waals surface area contributed by atoms with Crippen molar-refractivity contribution in [2.75, 3.05) is 62.4 Å². The van der Waals surface area contributed by atoms with Gasteiger partial charge in [-0.15, -0.1) is 9.35 Å². The van der Waals surface area contributed by atoms with Gasteiger partial charge in [0.1, 0.15) is 0 Å². The number of imidazole rings is 1. The monoisotopic (exact) mass is 508 g/mol. The molecule has 3 heterocycles. The average molecular weight is 509 g/mol. The van der Waals surface area contributed by atoms with Gasteiger partial charge < -0.3 is 31.7 Å². The van der Waals surface area contributed by atoms with Crippen LogP contribution in [-0.2, 0) is 15.9 Å². The van der Waals surface area contributed by atoms with Crippen LogP contribution < -0.4 is 26.9 Å². The first-order valence-corrected chi connectivity index (χ1v) is 12.4. The summed E-state index contributed by atoms with van der Waals surface area (Å²) >= 11 is 0. The number of benzene rings is 2. The van der Waals surface area contributed by atoms with E-state index in [1.165, 1.54) is 11.4 Å². The summed E-state index contributed by atoms with van der Waals surface area (Å²) in [4.78, 5) is 4.70. The molecule has 0 saturated carbocycles. The van der Waals surface area contributed by atoms with Crippen molar-refractivity contribution in [3.8, 4) is 0 Å². The number of ether oxygens (including phenoxy) is 2. The van der Waals surface area contributed by atoms with Crippen LogP contribution in [0.1, 0.15) is 23.9 Å². The predicted octanol–water partition coefficient (Wildman–Crippen LogP) is -0.220. The van der Waals surface area contributed by atoms with Crippen LogP contribution >= 0.6 is 0 Å². The maximum absolute atomic E-state index is 5.44. The van der Waals surface area contributed by atoms with Gasteiger partial charge in [-0.2, -0.15) is 0 Å². The van der Waals surface area contributed by atoms with E-state index in [2.05, 4.69) is 75.5 Å². The van der Waals surface area contributed by atoms with Crippen LogP contribution in [0.5, 0.6) is 0 Å². The quantitative estimate of drug-likeness (QED) is 0.327. The normalized spacial score (nSPS) is 16.6. The SMILES string of the molecule is CCc1n(/N=C/c2ccc(N3CCOCC3)cc2)cc[n+]1/N=C/c1ccc(N2CCOCC2)cc1.[Cl-]. The van der Waals surface area contributed by atoms with Gasteiger partial charge in [0.25, 0.3) is 0 Å². The maximum Gasteiger partial charge on any atom is 0.307 e. The molecular formula is C27H33ClN6O2. The molecule has 0 bridgehead atoms. The largest absolute Gasteiger partial charge is 1.00 e. The molecule has 190 valence electrons. The van der Waals surface area contributed by atoms with Crippen molar-refractivity contribution >= 4 is 23.8 Å². The summed E-state index contributed by atoms with van der Waals surface area (Å²) in [6.45, 7) is 9.03. The molecule has 9 heteroatoms. The summed E-state index contributed by atoms with van der Waals surface area (Å²) in [5, 5.41) is 9.35. The number of anilines is 2. The van der Waals surface area contributed by atoms with Gasteiger partial charge in [0.15, 0.2) is 12.4 Å². The zero-order valence-corrected chi connectivity index (χ0v) is 21.4. The number of halogens is 1. The van der Waals surface area contributed by atoms with Gasteiger partial charge in [0.2, 0.25) is 0 Å². The standard InChI is InChI=1S/C27H33N6O2.ClH/c1-2-27-32(28-21-23-3-7-25(8-4-23)30-13-17-34-18-14-30)11-12-33(27)29-22-24-5-9-26(10-6-24)31-15-19-35-20-16-31;/h3-12,21-22H,2,13-20H2,1H3;1H/q+1;/p-1/b28-21+,29-22+;. The van der Waals surface area contributed by atoms with E-state index < -0.39 is 0 Å². The van der Waals surface area contributed by atoms with Crippen LogP contribution in [0.15, 0.2) is 71.1 Å². The number of rotatable bonds is 7. The third-order valence-corrected chi connectivity index (χ3v) is 6.40. The second-order valence-corrected chi connectivity index (χ2v) is 8.63. The summed E-state index contributed by atoms with van der Waals surface area (Å²) in [6.07, 6.45) is 8.47. The van der Waals surface area contributed by atoms with Crippen LogP contribution in [0.25, 0.3) is 0 Å². The van der Waals surface area contributed by atoms with Crippen molar-refractivity contribution in [3.05, 3.63) is 77.9 Å². The minimum atomic E-state index is 0. The molecule has 0 amide bonds. The first-order chi connectivity index (χ1) is 17.3. The van der Waals surface area contributed by atoms with Crippen LogP contribution in [-0.4, -0.2) is 69.7 Å². The van der Waals surface area contributed by atoms with Gasteiger partial charge in [-0.1, -0.05) is 41.4 Å². The summed E-state index contributed by atoms with van der Waals surface area (Å²) in [5.41, 5.74) is 4.58. The summed E-state index contributed by atoms with van der Waals surface area (Å²) in [5.74, 6) is 1.01. The van der Waals surface area contributed by atoms with E-state index in [1.807, 2.05) is 34.2 Å². The van der Waals surface area contributed by atoms with Crippen molar-refractivity contribution in [3.63, 3.8) is 0 Å². The zero-order valence-electron chi connectivity index (χ0n) is 20.7. The first kappa shape index (κ1) is 25.9. The van der Waals surface area contributed by atoms with E-state index in [0.29, 0.717) is 0 Å². The second kappa shape index (κ2) is 12.7. The molecule has 3 aromatic rings. The highest BCUT2D eigenvalue weighted by Crippen LogP contribution is 2.17. The molecule has 36 heavy (non-hydrogen) atoms. The Kier molecular flexibility index (Phi) is 9.11. The highest BCUT2D eigenvalue weighted by molar-refractivity contribution is 5.80. The number of hydrogen-bond donors (Lipinski definition) is 0. The number of morpholine rings is 2. The first-order valence-electron chi connectivity index (χ1n) is 12.4. The Morgan fingerprint density at radius 1 is 0.778 bits per heavy atom. The molecule has 0 atom stereocenters. The van der Waals surface area contributed by atoms with Gasteiger partial charge in [-0.05, 0) is 35.4 Å². The van der Waals surface area contributed by atoms with E-state index in [0.717, 1.165) is 76.0 Å². The summed E-state index contributed by atoms with van der Waals surface area (Å²) in [6, 6.07) is 17.0. The maximum atomic E-state index is 5.44. The van der Waals surface area contributed by atoms with Crippen molar-refractivity contribution in [1.29, 1.82) is 0 Å². The van der Waals surface area contributed by atoms with E-state index in [9.17, 15) is 0 Å². The molecule has 2 aromatic carbocycles. The Bertz CT molecular complexity index is 1060. The lowest BCUT2D eigenvalue weighted by atomic mass is 10.2. The fourth-order valence-electron chi connectivity index (χ4n) is 4.38. The van der Waals surface area contributed by atoms with Crippen LogP contribution in [0, 0.1) is 0 Å². The van der Waals surface area contributed by atoms with Gasteiger partial charge >= 0.3 is 5.82 Å². The Labute approximate surface area is 218 Å². The van der Waals surface area contributed by atoms with Gasteiger partial charge in [-0.3, -0.25) is 0 Å². The minimum absolute atomic E-state index is 0. The molecule has 2 aliphatic heterocycles. The molecule has 0 unspecified atom stereocenters. The molecule has 5 rings (SSSR count). The average Bonchev–Trinajstić information content (AvgIpc) is 3.34. The van der Waals surface area contributed by atoms with Crippen molar-refractivity contribution in [2.24, 2.45) is 10.2 Å². The van der Waals surface area contributed by atoms with Gasteiger partial charge in [0, 0.05) is 37.6 Å². The van der Waals surface area contributed by atoms with Crippen molar-refractivity contribution < 1.29 is 26.6 Å². The molecule has 0 radical (unpaired) electrons. The Morgan fingerprint density at radius 3 is 1.78 bits per heavy atom. The lowest BCUT2D eigenvalue weighted by Gasteiger charge is -2.28. The van der Waals surface area contributed by atoms with Crippen LogP contribution in [0.2, 0.25) is 0 Å². The fourth-order valence-corrected chi connectivity index (χ4v) is 4.38. The van der Waals surface area contributed by atoms with Crippen molar-refractivity contribution in [1.82, 2.24) is 4.68 Å². The van der Waals surface area contributed by atoms with E-state index in [-0.39, 0.29) is 12.4 Å². The Balaban J connectivity index is 0.00000304. The summed E-state index contributed by atoms with van der Waals surface area (Å²) < 4.78 is 14.7.